The summed E-state index contributed by atoms with van der Waals surface area (Å²) in [5.41, 5.74) is 1.02. The van der Waals surface area contributed by atoms with E-state index < -0.39 is 15.9 Å². The number of nitrogens with one attached hydrogen (secondary N) is 1. The van der Waals surface area contributed by atoms with Crippen molar-refractivity contribution in [2.75, 3.05) is 12.4 Å². The van der Waals surface area contributed by atoms with Gasteiger partial charge in [-0.1, -0.05) is 48.0 Å². The average molecular weight is 562 g/mol. The molecule has 1 N–H and O–H groups in total. The molecular weight excluding hydrogens is 538 g/mol. The highest BCUT2D eigenvalue weighted by molar-refractivity contribution is 7.89. The first kappa shape index (κ1) is 27.7. The number of carbonyl (C=O) groups excluding carboxylic acids is 1. The van der Waals surface area contributed by atoms with Gasteiger partial charge in [0.05, 0.1) is 18.6 Å². The van der Waals surface area contributed by atoms with Gasteiger partial charge in [0.25, 0.3) is 5.91 Å². The Labute approximate surface area is 231 Å². The molecule has 0 radical (unpaired) electrons. The molecule has 8 nitrogen and oxygen atoms in total. The largest absolute Gasteiger partial charge is 0.497 e. The molecule has 0 saturated heterocycles. The van der Waals surface area contributed by atoms with Crippen molar-refractivity contribution in [2.24, 2.45) is 0 Å². The van der Waals surface area contributed by atoms with E-state index in [1.165, 1.54) is 29.6 Å². The molecule has 0 bridgehead atoms. The van der Waals surface area contributed by atoms with Crippen LogP contribution in [-0.4, -0.2) is 25.7 Å². The van der Waals surface area contributed by atoms with E-state index in [1.54, 1.807) is 78.9 Å². The number of benzene rings is 3. The first-order valence-electron chi connectivity index (χ1n) is 11.7. The Morgan fingerprint density at radius 1 is 1.03 bits per heavy atom. The van der Waals surface area contributed by atoms with Crippen LogP contribution >= 0.6 is 11.6 Å². The van der Waals surface area contributed by atoms with Crippen molar-refractivity contribution in [1.29, 1.82) is 5.26 Å². The number of methoxy groups -OCH3 is 1. The number of nitrogens with zero attached hydrogens (tertiary/aromatic N) is 2. The fourth-order valence-electron chi connectivity index (χ4n) is 3.68. The van der Waals surface area contributed by atoms with Gasteiger partial charge in [0.15, 0.2) is 0 Å². The van der Waals surface area contributed by atoms with Gasteiger partial charge in [-0.2, -0.15) is 9.57 Å². The second-order valence-electron chi connectivity index (χ2n) is 8.37. The quantitative estimate of drug-likeness (QED) is 0.191. The number of nitriles is 1. The summed E-state index contributed by atoms with van der Waals surface area (Å²) in [5.74, 6) is 0.491. The molecule has 10 heteroatoms. The normalized spacial score (nSPS) is 11.7. The predicted octanol–water partition coefficient (Wildman–Crippen LogP) is 5.88. The minimum Gasteiger partial charge on any atom is -0.497 e. The molecule has 1 aromatic heterocycles. The third kappa shape index (κ3) is 7.15. The van der Waals surface area contributed by atoms with Gasteiger partial charge in [-0.25, -0.2) is 8.42 Å². The van der Waals surface area contributed by atoms with Gasteiger partial charge in [0, 0.05) is 29.4 Å². The molecule has 0 fully saturated rings. The second-order valence-corrected chi connectivity index (χ2v) is 10.7. The van der Waals surface area contributed by atoms with E-state index in [-0.39, 0.29) is 29.3 Å². The third-order valence-corrected chi connectivity index (χ3v) is 7.70. The molecule has 0 aliphatic carbocycles. The molecule has 1 heterocycles. The number of rotatable bonds is 10. The summed E-state index contributed by atoms with van der Waals surface area (Å²) >= 11 is 5.99. The maximum atomic E-state index is 13.5. The van der Waals surface area contributed by atoms with Crippen molar-refractivity contribution >= 4 is 39.3 Å². The van der Waals surface area contributed by atoms with E-state index in [0.29, 0.717) is 22.2 Å². The number of anilines is 1. The van der Waals surface area contributed by atoms with Crippen molar-refractivity contribution < 1.29 is 22.4 Å². The van der Waals surface area contributed by atoms with Crippen molar-refractivity contribution in [1.82, 2.24) is 4.31 Å². The monoisotopic (exact) mass is 561 g/mol. The molecule has 3 aromatic carbocycles. The minimum atomic E-state index is -3.88. The van der Waals surface area contributed by atoms with Crippen molar-refractivity contribution in [3.63, 3.8) is 0 Å². The van der Waals surface area contributed by atoms with Crippen LogP contribution in [0.1, 0.15) is 17.1 Å². The minimum absolute atomic E-state index is 0.0761. The summed E-state index contributed by atoms with van der Waals surface area (Å²) in [6.45, 7) is -0.00174. The summed E-state index contributed by atoms with van der Waals surface area (Å²) in [6.07, 6.45) is 1.30. The summed E-state index contributed by atoms with van der Waals surface area (Å²) in [5, 5.41) is 12.8. The molecule has 0 aliphatic heterocycles. The molecule has 0 aliphatic rings. The highest BCUT2D eigenvalue weighted by atomic mass is 35.5. The highest BCUT2D eigenvalue weighted by Crippen LogP contribution is 2.24. The number of hydrogen-bond donors (Lipinski definition) is 1. The van der Waals surface area contributed by atoms with Gasteiger partial charge in [-0.05, 0) is 54.1 Å². The van der Waals surface area contributed by atoms with Gasteiger partial charge in [-0.3, -0.25) is 4.79 Å². The van der Waals surface area contributed by atoms with E-state index in [2.05, 4.69) is 5.32 Å². The lowest BCUT2D eigenvalue weighted by atomic mass is 10.2. The van der Waals surface area contributed by atoms with Gasteiger partial charge >= 0.3 is 0 Å². The lowest BCUT2D eigenvalue weighted by molar-refractivity contribution is -0.112. The SMILES string of the molecule is COc1cccc(NC(=O)/C(C#N)=C\c2ccc(CN(Cc3ccc(Cl)cc3)S(=O)(=O)c3ccccc3)o2)c1. The van der Waals surface area contributed by atoms with Crippen molar-refractivity contribution in [2.45, 2.75) is 18.0 Å². The second kappa shape index (κ2) is 12.5. The van der Waals surface area contributed by atoms with Crippen LogP contribution in [0.3, 0.4) is 0 Å². The van der Waals surface area contributed by atoms with E-state index in [9.17, 15) is 18.5 Å². The summed E-state index contributed by atoms with van der Waals surface area (Å²) in [4.78, 5) is 12.8. The topological polar surface area (TPSA) is 113 Å². The number of amides is 1. The van der Waals surface area contributed by atoms with Crippen molar-refractivity contribution in [3.05, 3.63) is 119 Å². The summed E-state index contributed by atoms with van der Waals surface area (Å²) in [6, 6.07) is 26.8. The number of sulfonamides is 1. The van der Waals surface area contributed by atoms with Crippen LogP contribution in [0.5, 0.6) is 5.75 Å². The highest BCUT2D eigenvalue weighted by Gasteiger charge is 2.26. The Hall–Kier alpha value is -4.36. The summed E-state index contributed by atoms with van der Waals surface area (Å²) < 4.78 is 39.2. The maximum Gasteiger partial charge on any atom is 0.266 e. The lowest BCUT2D eigenvalue weighted by Crippen LogP contribution is -2.30. The van der Waals surface area contributed by atoms with Crippen LogP contribution in [-0.2, 0) is 27.9 Å². The number of furan rings is 1. The van der Waals surface area contributed by atoms with Crippen molar-refractivity contribution in [3.8, 4) is 11.8 Å². The van der Waals surface area contributed by atoms with Gasteiger partial charge in [0.2, 0.25) is 10.0 Å². The smallest absolute Gasteiger partial charge is 0.266 e. The molecular formula is C29H24ClN3O5S. The number of hydrogen-bond acceptors (Lipinski definition) is 6. The first-order valence-corrected chi connectivity index (χ1v) is 13.6. The van der Waals surface area contributed by atoms with Crippen LogP contribution in [0.4, 0.5) is 5.69 Å². The Bertz CT molecular complexity index is 1630. The zero-order valence-electron chi connectivity index (χ0n) is 20.9. The number of carbonyl (C=O) groups is 1. The van der Waals surface area contributed by atoms with E-state index in [0.717, 1.165) is 5.56 Å². The summed E-state index contributed by atoms with van der Waals surface area (Å²) in [7, 11) is -2.37. The molecule has 39 heavy (non-hydrogen) atoms. The Morgan fingerprint density at radius 2 is 1.77 bits per heavy atom. The fraction of sp³-hybridized carbons (Fsp3) is 0.103. The third-order valence-electron chi connectivity index (χ3n) is 5.65. The molecule has 1 amide bonds. The Balaban J connectivity index is 1.56. The Morgan fingerprint density at radius 3 is 2.46 bits per heavy atom. The maximum absolute atomic E-state index is 13.5. The van der Waals surface area contributed by atoms with Gasteiger partial charge < -0.3 is 14.5 Å². The first-order chi connectivity index (χ1) is 18.8. The van der Waals surface area contributed by atoms with E-state index >= 15 is 0 Å². The molecule has 198 valence electrons. The zero-order chi connectivity index (χ0) is 27.8. The van der Waals surface area contributed by atoms with Gasteiger partial charge in [0.1, 0.15) is 28.9 Å². The van der Waals surface area contributed by atoms with Crippen LogP contribution in [0.25, 0.3) is 6.08 Å². The predicted molar refractivity (Wildman–Crippen MR) is 148 cm³/mol. The van der Waals surface area contributed by atoms with E-state index in [1.807, 2.05) is 6.07 Å². The van der Waals surface area contributed by atoms with Gasteiger partial charge in [-0.15, -0.1) is 0 Å². The average Bonchev–Trinajstić information content (AvgIpc) is 3.40. The van der Waals surface area contributed by atoms with Crippen LogP contribution in [0.15, 0.2) is 106 Å². The fourth-order valence-corrected chi connectivity index (χ4v) is 5.22. The van der Waals surface area contributed by atoms with Crippen LogP contribution < -0.4 is 10.1 Å². The van der Waals surface area contributed by atoms with Crippen LogP contribution in [0, 0.1) is 11.3 Å². The zero-order valence-corrected chi connectivity index (χ0v) is 22.4. The molecule has 4 rings (SSSR count). The standard InChI is InChI=1S/C29H24ClN3O5S/c1-37-25-7-5-6-24(17-25)32-29(34)22(18-31)16-26-14-15-27(38-26)20-33(19-21-10-12-23(30)13-11-21)39(35,36)28-8-3-2-4-9-28/h2-17H,19-20H2,1H3,(H,32,34)/b22-16-. The molecule has 0 atom stereocenters. The number of halogens is 1. The molecule has 0 saturated carbocycles. The Kier molecular flexibility index (Phi) is 8.84. The molecule has 4 aromatic rings. The number of ether oxygens (including phenoxy) is 1. The molecule has 0 spiro atoms. The lowest BCUT2D eigenvalue weighted by Gasteiger charge is -2.21. The van der Waals surface area contributed by atoms with E-state index in [4.69, 9.17) is 20.8 Å². The molecule has 0 unspecified atom stereocenters. The van der Waals surface area contributed by atoms with Crippen LogP contribution in [0.2, 0.25) is 5.02 Å².